The second-order valence-corrected chi connectivity index (χ2v) is 8.32. The van der Waals surface area contributed by atoms with E-state index in [4.69, 9.17) is 5.14 Å². The zero-order valence-electron chi connectivity index (χ0n) is 13.6. The molecule has 0 radical (unpaired) electrons. The number of hydrogen-bond acceptors (Lipinski definition) is 6. The molecule has 0 unspecified atom stereocenters. The van der Waals surface area contributed by atoms with Crippen molar-refractivity contribution in [1.82, 2.24) is 4.98 Å². The number of hydrogen-bond donors (Lipinski definition) is 1. The van der Waals surface area contributed by atoms with Crippen molar-refractivity contribution in [3.8, 4) is 0 Å². The lowest BCUT2D eigenvalue weighted by molar-refractivity contribution is 0.761. The monoisotopic (exact) mass is 375 g/mol. The Morgan fingerprint density at radius 3 is 2.75 bits per heavy atom. The first-order valence-corrected chi connectivity index (χ1v) is 10.7. The third-order valence-corrected chi connectivity index (χ3v) is 6.50. The predicted molar refractivity (Wildman–Crippen MR) is 109 cm³/mol. The molecule has 6 heteroatoms. The summed E-state index contributed by atoms with van der Waals surface area (Å²) in [6, 6.07) is 16.7. The van der Waals surface area contributed by atoms with Gasteiger partial charge in [-0.15, -0.1) is 23.1 Å². The highest BCUT2D eigenvalue weighted by Crippen LogP contribution is 2.37. The van der Waals surface area contributed by atoms with Crippen molar-refractivity contribution in [2.24, 2.45) is 5.14 Å². The Morgan fingerprint density at radius 1 is 1.17 bits per heavy atom. The average molecular weight is 376 g/mol. The van der Waals surface area contributed by atoms with E-state index in [0.29, 0.717) is 0 Å². The maximum Gasteiger partial charge on any atom is 0.165 e. The lowest BCUT2D eigenvalue weighted by atomic mass is 10.2. The van der Waals surface area contributed by atoms with Crippen molar-refractivity contribution in [3.63, 3.8) is 0 Å². The summed E-state index contributed by atoms with van der Waals surface area (Å²) in [5.74, 6) is 1.14. The Hall–Kier alpha value is -1.21. The average Bonchev–Trinajstić information content (AvgIpc) is 3.24. The zero-order chi connectivity index (χ0) is 16.8. The van der Waals surface area contributed by atoms with Gasteiger partial charge in [-0.05, 0) is 42.6 Å². The van der Waals surface area contributed by atoms with Crippen LogP contribution < -0.4 is 10.0 Å². The quantitative estimate of drug-likeness (QED) is 0.600. The molecule has 1 aliphatic heterocycles. The fraction of sp³-hybridized carbons (Fsp3) is 0.278. The van der Waals surface area contributed by atoms with Gasteiger partial charge >= 0.3 is 0 Å². The van der Waals surface area contributed by atoms with E-state index in [9.17, 15) is 0 Å². The maximum atomic E-state index is 5.38. The van der Waals surface area contributed by atoms with Crippen LogP contribution in [0.1, 0.15) is 19.8 Å². The van der Waals surface area contributed by atoms with E-state index in [1.807, 2.05) is 36.0 Å². The zero-order valence-corrected chi connectivity index (χ0v) is 16.1. The number of nitrogens with two attached hydrogens (primary N) is 1. The predicted octanol–water partition coefficient (Wildman–Crippen LogP) is 5.62. The molecule has 0 fully saturated rings. The molecule has 2 aromatic carbocycles. The lowest BCUT2D eigenvalue weighted by Crippen LogP contribution is -2.19. The minimum atomic E-state index is 0.922. The van der Waals surface area contributed by atoms with Gasteiger partial charge in [0.15, 0.2) is 4.34 Å². The van der Waals surface area contributed by atoms with Gasteiger partial charge in [-0.1, -0.05) is 37.6 Å². The number of aromatic nitrogens is 1. The molecule has 2 N–H and O–H groups in total. The molecule has 4 rings (SSSR count). The van der Waals surface area contributed by atoms with E-state index in [1.54, 1.807) is 11.3 Å². The third kappa shape index (κ3) is 4.25. The Bertz CT molecular complexity index is 755. The third-order valence-electron chi connectivity index (χ3n) is 3.74. The molecule has 1 aliphatic rings. The van der Waals surface area contributed by atoms with Gasteiger partial charge < -0.3 is 4.90 Å². The second kappa shape index (κ2) is 8.76. The van der Waals surface area contributed by atoms with Gasteiger partial charge in [0.05, 0.1) is 21.8 Å². The summed E-state index contributed by atoms with van der Waals surface area (Å²) in [4.78, 5) is 8.21. The molecule has 1 aromatic heterocycles. The van der Waals surface area contributed by atoms with Gasteiger partial charge in [-0.2, -0.15) is 0 Å². The van der Waals surface area contributed by atoms with E-state index in [2.05, 4.69) is 41.1 Å². The Kier molecular flexibility index (Phi) is 6.43. The molecular formula is C18H21N3S3. The van der Waals surface area contributed by atoms with Crippen LogP contribution in [0.5, 0.6) is 0 Å². The SMILES string of the molecule is CCCCN1CSc2ccccc21.NSc1nc2ccccc2s1. The number of anilines is 1. The molecule has 0 spiro atoms. The number of benzene rings is 2. The van der Waals surface area contributed by atoms with Crippen LogP contribution in [-0.4, -0.2) is 17.4 Å². The summed E-state index contributed by atoms with van der Waals surface area (Å²) in [6.45, 7) is 3.45. The highest BCUT2D eigenvalue weighted by atomic mass is 32.2. The first-order chi connectivity index (χ1) is 11.8. The first-order valence-electron chi connectivity index (χ1n) is 8.01. The van der Waals surface area contributed by atoms with Crippen LogP contribution in [0.3, 0.4) is 0 Å². The Balaban J connectivity index is 0.000000143. The molecule has 0 bridgehead atoms. The summed E-state index contributed by atoms with van der Waals surface area (Å²) in [7, 11) is 0. The molecule has 0 aliphatic carbocycles. The second-order valence-electron chi connectivity index (χ2n) is 5.42. The van der Waals surface area contributed by atoms with Gasteiger partial charge in [0, 0.05) is 11.4 Å². The van der Waals surface area contributed by atoms with Crippen LogP contribution in [0.2, 0.25) is 0 Å². The van der Waals surface area contributed by atoms with E-state index >= 15 is 0 Å². The largest absolute Gasteiger partial charge is 0.361 e. The Labute approximate surface area is 155 Å². The molecule has 0 saturated carbocycles. The normalized spacial score (nSPS) is 12.8. The van der Waals surface area contributed by atoms with Crippen molar-refractivity contribution >= 4 is 51.0 Å². The van der Waals surface area contributed by atoms with E-state index in [-0.39, 0.29) is 0 Å². The lowest BCUT2D eigenvalue weighted by Gasteiger charge is -2.17. The molecule has 0 atom stereocenters. The van der Waals surface area contributed by atoms with Gasteiger partial charge in [0.1, 0.15) is 0 Å². The summed E-state index contributed by atoms with van der Waals surface area (Å²) in [6.07, 6.45) is 2.58. The number of rotatable bonds is 4. The van der Waals surface area contributed by atoms with Crippen LogP contribution in [0.4, 0.5) is 5.69 Å². The number of thioether (sulfide) groups is 1. The highest BCUT2D eigenvalue weighted by molar-refractivity contribution is 8.00. The molecule has 2 heterocycles. The van der Waals surface area contributed by atoms with E-state index < -0.39 is 0 Å². The molecule has 126 valence electrons. The number of unbranched alkanes of at least 4 members (excludes halogenated alkanes) is 1. The van der Waals surface area contributed by atoms with Crippen LogP contribution >= 0.6 is 35.0 Å². The van der Waals surface area contributed by atoms with Gasteiger partial charge in [-0.25, -0.2) is 4.98 Å². The van der Waals surface area contributed by atoms with Crippen LogP contribution in [0, 0.1) is 0 Å². The van der Waals surface area contributed by atoms with Crippen molar-refractivity contribution in [3.05, 3.63) is 48.5 Å². The number of para-hydroxylation sites is 2. The minimum absolute atomic E-state index is 0.922. The summed E-state index contributed by atoms with van der Waals surface area (Å²) >= 11 is 4.78. The summed E-state index contributed by atoms with van der Waals surface area (Å²) < 4.78 is 2.12. The van der Waals surface area contributed by atoms with Crippen LogP contribution in [0.25, 0.3) is 10.2 Å². The molecule has 3 aromatic rings. The summed E-state index contributed by atoms with van der Waals surface area (Å²) in [5.41, 5.74) is 2.46. The maximum absolute atomic E-state index is 5.38. The molecule has 0 amide bonds. The van der Waals surface area contributed by atoms with Crippen LogP contribution in [-0.2, 0) is 0 Å². The molecule has 0 saturated heterocycles. The molecule has 24 heavy (non-hydrogen) atoms. The number of nitrogens with zero attached hydrogens (tertiary/aromatic N) is 2. The molecule has 3 nitrogen and oxygen atoms in total. The van der Waals surface area contributed by atoms with E-state index in [0.717, 1.165) is 15.7 Å². The smallest absolute Gasteiger partial charge is 0.165 e. The van der Waals surface area contributed by atoms with Gasteiger partial charge in [-0.3, -0.25) is 5.14 Å². The van der Waals surface area contributed by atoms with Crippen molar-refractivity contribution in [2.75, 3.05) is 17.3 Å². The van der Waals surface area contributed by atoms with Crippen molar-refractivity contribution < 1.29 is 0 Å². The van der Waals surface area contributed by atoms with Gasteiger partial charge in [0.2, 0.25) is 0 Å². The topological polar surface area (TPSA) is 42.1 Å². The van der Waals surface area contributed by atoms with Gasteiger partial charge in [0.25, 0.3) is 0 Å². The fourth-order valence-electron chi connectivity index (χ4n) is 2.49. The van der Waals surface area contributed by atoms with Crippen molar-refractivity contribution in [2.45, 2.75) is 29.0 Å². The highest BCUT2D eigenvalue weighted by Gasteiger charge is 2.17. The standard InChI is InChI=1S/C11H15NS.C7H6N2S2/c1-2-3-8-12-9-13-11-7-5-4-6-10(11)12;8-11-7-9-5-3-1-2-4-6(5)10-7/h4-7H,2-3,8-9H2,1H3;1-4H,8H2. The molecular weight excluding hydrogens is 354 g/mol. The first kappa shape index (κ1) is 17.6. The van der Waals surface area contributed by atoms with Crippen molar-refractivity contribution in [1.29, 1.82) is 0 Å². The van der Waals surface area contributed by atoms with E-state index in [1.165, 1.54) is 46.6 Å². The summed E-state index contributed by atoms with van der Waals surface area (Å²) in [5, 5.41) is 5.38. The Morgan fingerprint density at radius 2 is 1.96 bits per heavy atom. The van der Waals surface area contributed by atoms with Crippen LogP contribution in [0.15, 0.2) is 57.8 Å². The fourth-order valence-corrected chi connectivity index (χ4v) is 4.89. The minimum Gasteiger partial charge on any atom is -0.361 e. The number of fused-ring (bicyclic) bond motifs is 2. The number of thiazole rings is 1.